The predicted octanol–water partition coefficient (Wildman–Crippen LogP) is 7.10. The third-order valence-electron chi connectivity index (χ3n) is 4.28. The Kier molecular flexibility index (Phi) is 18.0. The van der Waals surface area contributed by atoms with E-state index in [0.29, 0.717) is 0 Å². The lowest BCUT2D eigenvalue weighted by molar-refractivity contribution is 0.0863. The van der Waals surface area contributed by atoms with Crippen LogP contribution in [-0.2, 0) is 4.74 Å². The summed E-state index contributed by atoms with van der Waals surface area (Å²) < 4.78 is 5.44. The smallest absolute Gasteiger partial charge is 0.0576 e. The number of rotatable bonds is 17. The Morgan fingerprint density at radius 3 is 1.38 bits per heavy atom. The van der Waals surface area contributed by atoms with Crippen LogP contribution in [0.15, 0.2) is 0 Å². The van der Waals surface area contributed by atoms with Crippen molar-refractivity contribution in [2.45, 2.75) is 116 Å². The van der Waals surface area contributed by atoms with Crippen LogP contribution in [0.1, 0.15) is 110 Å². The normalized spacial score (nSPS) is 12.7. The summed E-state index contributed by atoms with van der Waals surface area (Å²) in [5.74, 6) is 0. The van der Waals surface area contributed by atoms with Crippen molar-refractivity contribution in [3.63, 3.8) is 0 Å². The maximum Gasteiger partial charge on any atom is 0.0576 e. The fourth-order valence-electron chi connectivity index (χ4n) is 2.89. The topological polar surface area (TPSA) is 9.23 Å². The molecule has 1 atom stereocenters. The molecular formula is C20H41O. The third-order valence-corrected chi connectivity index (χ3v) is 4.28. The zero-order chi connectivity index (χ0) is 15.6. The van der Waals surface area contributed by atoms with Gasteiger partial charge in [-0.05, 0) is 20.3 Å². The van der Waals surface area contributed by atoms with Gasteiger partial charge in [0.1, 0.15) is 0 Å². The van der Waals surface area contributed by atoms with Crippen molar-refractivity contribution >= 4 is 0 Å². The molecule has 0 N–H and O–H groups in total. The summed E-state index contributed by atoms with van der Waals surface area (Å²) in [6.45, 7) is 9.14. The highest BCUT2D eigenvalue weighted by Crippen LogP contribution is 2.14. The van der Waals surface area contributed by atoms with E-state index < -0.39 is 0 Å². The van der Waals surface area contributed by atoms with E-state index in [1.807, 2.05) is 6.92 Å². The molecule has 0 bridgehead atoms. The van der Waals surface area contributed by atoms with Gasteiger partial charge in [0.15, 0.2) is 0 Å². The van der Waals surface area contributed by atoms with Crippen LogP contribution in [0.3, 0.4) is 0 Å². The summed E-state index contributed by atoms with van der Waals surface area (Å²) in [6, 6.07) is 0. The molecule has 0 spiro atoms. The SMILES string of the molecule is [CH2]C(CCCCCCCCCCCCCCCC)OCC. The lowest BCUT2D eigenvalue weighted by atomic mass is 10.0. The van der Waals surface area contributed by atoms with Crippen LogP contribution in [-0.4, -0.2) is 12.7 Å². The minimum atomic E-state index is 0.215. The Labute approximate surface area is 135 Å². The monoisotopic (exact) mass is 297 g/mol. The summed E-state index contributed by atoms with van der Waals surface area (Å²) in [7, 11) is 0. The molecule has 1 radical (unpaired) electrons. The first-order chi connectivity index (χ1) is 10.3. The van der Waals surface area contributed by atoms with Gasteiger partial charge < -0.3 is 4.74 Å². The number of unbranched alkanes of at least 4 members (excludes halogenated alkanes) is 13. The molecule has 1 heteroatoms. The molecular weight excluding hydrogens is 256 g/mol. The van der Waals surface area contributed by atoms with Crippen LogP contribution in [0, 0.1) is 6.92 Å². The predicted molar refractivity (Wildman–Crippen MR) is 95.7 cm³/mol. The molecule has 0 heterocycles. The first kappa shape index (κ1) is 21.0. The van der Waals surface area contributed by atoms with Gasteiger partial charge >= 0.3 is 0 Å². The molecule has 1 unspecified atom stereocenters. The van der Waals surface area contributed by atoms with Gasteiger partial charge in [0.2, 0.25) is 0 Å². The Balaban J connectivity index is 2.99. The second-order valence-electron chi connectivity index (χ2n) is 6.46. The molecule has 0 aliphatic rings. The van der Waals surface area contributed by atoms with Crippen LogP contribution in [0.5, 0.6) is 0 Å². The molecule has 0 aliphatic carbocycles. The molecule has 1 nitrogen and oxygen atoms in total. The molecule has 0 fully saturated rings. The number of hydrogen-bond acceptors (Lipinski definition) is 1. The zero-order valence-corrected chi connectivity index (χ0v) is 15.0. The summed E-state index contributed by atoms with van der Waals surface area (Å²) in [5, 5.41) is 0. The quantitative estimate of drug-likeness (QED) is 0.260. The van der Waals surface area contributed by atoms with E-state index in [0.717, 1.165) is 13.0 Å². The Morgan fingerprint density at radius 2 is 1.00 bits per heavy atom. The molecule has 0 saturated carbocycles. The average Bonchev–Trinajstić information content (AvgIpc) is 2.48. The van der Waals surface area contributed by atoms with Gasteiger partial charge in [-0.15, -0.1) is 0 Å². The average molecular weight is 298 g/mol. The van der Waals surface area contributed by atoms with Gasteiger partial charge in [-0.25, -0.2) is 0 Å². The fraction of sp³-hybridized carbons (Fsp3) is 0.950. The maximum absolute atomic E-state index is 5.44. The lowest BCUT2D eigenvalue weighted by Crippen LogP contribution is -2.07. The Bertz CT molecular complexity index is 179. The molecule has 0 rings (SSSR count). The molecule has 0 aromatic rings. The van der Waals surface area contributed by atoms with Crippen molar-refractivity contribution < 1.29 is 4.74 Å². The second-order valence-corrected chi connectivity index (χ2v) is 6.46. The summed E-state index contributed by atoms with van der Waals surface area (Å²) >= 11 is 0. The van der Waals surface area contributed by atoms with Crippen molar-refractivity contribution in [1.29, 1.82) is 0 Å². The molecule has 0 aliphatic heterocycles. The van der Waals surface area contributed by atoms with Crippen molar-refractivity contribution in [3.05, 3.63) is 6.92 Å². The van der Waals surface area contributed by atoms with E-state index in [1.54, 1.807) is 0 Å². The highest BCUT2D eigenvalue weighted by molar-refractivity contribution is 4.59. The minimum absolute atomic E-state index is 0.215. The summed E-state index contributed by atoms with van der Waals surface area (Å²) in [6.07, 6.45) is 21.3. The fourth-order valence-corrected chi connectivity index (χ4v) is 2.89. The van der Waals surface area contributed by atoms with E-state index in [9.17, 15) is 0 Å². The van der Waals surface area contributed by atoms with E-state index >= 15 is 0 Å². The van der Waals surface area contributed by atoms with Gasteiger partial charge in [0.05, 0.1) is 6.10 Å². The Morgan fingerprint density at radius 1 is 0.619 bits per heavy atom. The van der Waals surface area contributed by atoms with Crippen molar-refractivity contribution in [2.75, 3.05) is 6.61 Å². The standard InChI is InChI=1S/C20H41O/c1-4-6-7-8-9-10-11-12-13-14-15-16-17-18-19-20(3)21-5-2/h20H,3-19H2,1-2H3. The highest BCUT2D eigenvalue weighted by Gasteiger charge is 2.00. The molecule has 127 valence electrons. The first-order valence-corrected chi connectivity index (χ1v) is 9.76. The van der Waals surface area contributed by atoms with E-state index in [1.165, 1.54) is 89.9 Å². The zero-order valence-electron chi connectivity index (χ0n) is 15.0. The van der Waals surface area contributed by atoms with Crippen LogP contribution in [0.2, 0.25) is 0 Å². The van der Waals surface area contributed by atoms with Crippen molar-refractivity contribution in [2.24, 2.45) is 0 Å². The first-order valence-electron chi connectivity index (χ1n) is 9.76. The van der Waals surface area contributed by atoms with Gasteiger partial charge in [-0.2, -0.15) is 0 Å². The van der Waals surface area contributed by atoms with Gasteiger partial charge in [0.25, 0.3) is 0 Å². The Hall–Kier alpha value is -0.0400. The molecule has 21 heavy (non-hydrogen) atoms. The van der Waals surface area contributed by atoms with Crippen molar-refractivity contribution in [3.8, 4) is 0 Å². The van der Waals surface area contributed by atoms with E-state index in [2.05, 4.69) is 13.8 Å². The van der Waals surface area contributed by atoms with Crippen LogP contribution < -0.4 is 0 Å². The van der Waals surface area contributed by atoms with Crippen molar-refractivity contribution in [1.82, 2.24) is 0 Å². The van der Waals surface area contributed by atoms with E-state index in [4.69, 9.17) is 4.74 Å². The lowest BCUT2D eigenvalue weighted by Gasteiger charge is -2.10. The van der Waals surface area contributed by atoms with Gasteiger partial charge in [0, 0.05) is 6.61 Å². The summed E-state index contributed by atoms with van der Waals surface area (Å²) in [5.41, 5.74) is 0. The molecule has 0 aromatic heterocycles. The second kappa shape index (κ2) is 18.0. The largest absolute Gasteiger partial charge is 0.379 e. The summed E-state index contributed by atoms with van der Waals surface area (Å²) in [4.78, 5) is 0. The van der Waals surface area contributed by atoms with Crippen LogP contribution in [0.25, 0.3) is 0 Å². The molecule has 0 aromatic carbocycles. The van der Waals surface area contributed by atoms with E-state index in [-0.39, 0.29) is 6.10 Å². The van der Waals surface area contributed by atoms with Gasteiger partial charge in [-0.3, -0.25) is 0 Å². The number of hydrogen-bond donors (Lipinski definition) is 0. The molecule has 0 amide bonds. The highest BCUT2D eigenvalue weighted by atomic mass is 16.5. The van der Waals surface area contributed by atoms with Crippen LogP contribution >= 0.6 is 0 Å². The maximum atomic E-state index is 5.44. The third kappa shape index (κ3) is 17.9. The van der Waals surface area contributed by atoms with Crippen LogP contribution in [0.4, 0.5) is 0 Å². The number of ether oxygens (including phenoxy) is 1. The minimum Gasteiger partial charge on any atom is -0.379 e. The van der Waals surface area contributed by atoms with Gasteiger partial charge in [-0.1, -0.05) is 96.8 Å². The molecule has 0 saturated heterocycles.